The first-order valence-corrected chi connectivity index (χ1v) is 11.0. The molecule has 3 N–H and O–H groups in total. The van der Waals surface area contributed by atoms with Gasteiger partial charge in [-0.25, -0.2) is 31.5 Å². The van der Waals surface area contributed by atoms with Crippen LogP contribution in [0.5, 0.6) is 0 Å². The van der Waals surface area contributed by atoms with E-state index in [1.165, 1.54) is 31.6 Å². The van der Waals surface area contributed by atoms with Gasteiger partial charge < -0.3 is 15.8 Å². The smallest absolute Gasteiger partial charge is 0.275 e. The van der Waals surface area contributed by atoms with Crippen molar-refractivity contribution in [3.05, 3.63) is 53.4 Å². The molecular formula is C19H20F2N6O4S. The summed E-state index contributed by atoms with van der Waals surface area (Å²) in [5.74, 6) is -1.79. The number of amides is 1. The van der Waals surface area contributed by atoms with E-state index < -0.39 is 51.9 Å². The van der Waals surface area contributed by atoms with E-state index in [9.17, 15) is 22.0 Å². The minimum absolute atomic E-state index is 0.0309. The van der Waals surface area contributed by atoms with Gasteiger partial charge in [0.05, 0.1) is 18.5 Å². The number of nitrogens with two attached hydrogens (primary N) is 1. The lowest BCUT2D eigenvalue weighted by molar-refractivity contribution is 0.0847. The van der Waals surface area contributed by atoms with Crippen molar-refractivity contribution in [1.82, 2.24) is 14.3 Å². The van der Waals surface area contributed by atoms with Crippen LogP contribution in [-0.4, -0.2) is 66.2 Å². The summed E-state index contributed by atoms with van der Waals surface area (Å²) in [4.78, 5) is 24.7. The molecule has 10 nitrogen and oxygen atoms in total. The molecule has 1 amide bonds. The molecule has 2 aliphatic rings. The fraction of sp³-hybridized carbons (Fsp3) is 0.368. The fourth-order valence-electron chi connectivity index (χ4n) is 3.88. The lowest BCUT2D eigenvalue weighted by Gasteiger charge is -2.39. The molecule has 0 radical (unpaired) electrons. The average Bonchev–Trinajstić information content (AvgIpc) is 3.14. The quantitative estimate of drug-likeness (QED) is 0.676. The monoisotopic (exact) mass is 466 g/mol. The van der Waals surface area contributed by atoms with Crippen molar-refractivity contribution in [2.24, 2.45) is 10.7 Å². The number of aliphatic imine (C=N–C) groups is 1. The number of aryl methyl sites for hydroxylation is 1. The molecule has 1 saturated heterocycles. The van der Waals surface area contributed by atoms with Crippen molar-refractivity contribution in [2.75, 3.05) is 25.6 Å². The minimum atomic E-state index is -4.22. The van der Waals surface area contributed by atoms with Crippen LogP contribution in [-0.2, 0) is 20.3 Å². The highest BCUT2D eigenvalue weighted by Crippen LogP contribution is 2.46. The summed E-state index contributed by atoms with van der Waals surface area (Å²) in [7, 11) is -3.03. The number of hydrogen-bond acceptors (Lipinski definition) is 8. The second kappa shape index (κ2) is 7.74. The Hall–Kier alpha value is -3.19. The van der Waals surface area contributed by atoms with Crippen LogP contribution in [0.4, 0.5) is 14.5 Å². The molecule has 2 aliphatic heterocycles. The second-order valence-corrected chi connectivity index (χ2v) is 9.61. The number of aromatic nitrogens is 2. The zero-order valence-corrected chi connectivity index (χ0v) is 17.9. The van der Waals surface area contributed by atoms with Gasteiger partial charge in [-0.3, -0.25) is 9.78 Å². The maximum atomic E-state index is 15.0. The Morgan fingerprint density at radius 3 is 2.78 bits per heavy atom. The maximum Gasteiger partial charge on any atom is 0.275 e. The van der Waals surface area contributed by atoms with Crippen LogP contribution >= 0.6 is 0 Å². The van der Waals surface area contributed by atoms with Crippen molar-refractivity contribution in [2.45, 2.75) is 23.8 Å². The number of nitrogens with one attached hydrogen (secondary N) is 1. The number of nitrogens with zero attached hydrogens (tertiary/aromatic N) is 4. The molecule has 1 fully saturated rings. The topological polar surface area (TPSA) is 140 Å². The number of halogens is 2. The summed E-state index contributed by atoms with van der Waals surface area (Å²) in [6.45, 7) is 0.198. The number of carbonyl (C=O) groups is 1. The number of anilines is 1. The number of carbonyl (C=O) groups excluding carboxylic acids is 1. The molecule has 13 heteroatoms. The molecule has 3 heterocycles. The van der Waals surface area contributed by atoms with Crippen LogP contribution in [0.15, 0.2) is 35.6 Å². The second-order valence-electron chi connectivity index (χ2n) is 7.52. The number of guanidine groups is 1. The third-order valence-electron chi connectivity index (χ3n) is 5.52. The van der Waals surface area contributed by atoms with Gasteiger partial charge in [-0.1, -0.05) is 0 Å². The number of benzene rings is 1. The van der Waals surface area contributed by atoms with Gasteiger partial charge in [0, 0.05) is 24.5 Å². The Kier molecular flexibility index (Phi) is 5.33. The van der Waals surface area contributed by atoms with Crippen LogP contribution in [0, 0.1) is 12.7 Å². The van der Waals surface area contributed by atoms with Crippen molar-refractivity contribution in [3.8, 4) is 0 Å². The summed E-state index contributed by atoms with van der Waals surface area (Å²) in [5, 5.41) is 1.02. The number of alkyl halides is 1. The minimum Gasteiger partial charge on any atom is -0.371 e. The molecule has 170 valence electrons. The standard InChI is InChI=1S/C19H20F2N6O4S/c1-10-7-24-14(8-23-10)17(28)25-11-3-4-13(21)12(5-11)19-9-31-15(6-20)16(19)32(29,30)27(2)18(22)26-19/h3-5,7-8,15-16H,6,9H2,1-2H3,(H2,22,26)(H,25,28)/t15-,16-,19-/m1/s1. The van der Waals surface area contributed by atoms with Gasteiger partial charge in [-0.15, -0.1) is 0 Å². The largest absolute Gasteiger partial charge is 0.371 e. The Morgan fingerprint density at radius 2 is 2.12 bits per heavy atom. The molecule has 0 saturated carbocycles. The average molecular weight is 466 g/mol. The summed E-state index contributed by atoms with van der Waals surface area (Å²) >= 11 is 0. The molecule has 0 spiro atoms. The van der Waals surface area contributed by atoms with Crippen LogP contribution < -0.4 is 11.1 Å². The highest BCUT2D eigenvalue weighted by Gasteiger charge is 2.62. The predicted octanol–water partition coefficient (Wildman–Crippen LogP) is 0.699. The molecule has 32 heavy (non-hydrogen) atoms. The van der Waals surface area contributed by atoms with E-state index in [-0.39, 0.29) is 22.9 Å². The van der Waals surface area contributed by atoms with E-state index in [1.54, 1.807) is 6.92 Å². The van der Waals surface area contributed by atoms with E-state index in [2.05, 4.69) is 20.3 Å². The number of ether oxygens (including phenoxy) is 1. The summed E-state index contributed by atoms with van der Waals surface area (Å²) in [6.07, 6.45) is 1.34. The number of sulfonamides is 1. The number of fused-ring (bicyclic) bond motifs is 1. The van der Waals surface area contributed by atoms with Crippen LogP contribution in [0.1, 0.15) is 21.7 Å². The number of hydrogen-bond donors (Lipinski definition) is 2. The zero-order chi connectivity index (χ0) is 23.3. The highest BCUT2D eigenvalue weighted by molar-refractivity contribution is 7.90. The fourth-order valence-corrected chi connectivity index (χ4v) is 5.79. The third-order valence-corrected chi connectivity index (χ3v) is 7.81. The van der Waals surface area contributed by atoms with Crippen LogP contribution in [0.3, 0.4) is 0 Å². The predicted molar refractivity (Wildman–Crippen MR) is 111 cm³/mol. The van der Waals surface area contributed by atoms with E-state index in [0.717, 1.165) is 10.4 Å². The van der Waals surface area contributed by atoms with Gasteiger partial charge in [0.2, 0.25) is 16.0 Å². The van der Waals surface area contributed by atoms with E-state index >= 15 is 0 Å². The molecular weight excluding hydrogens is 446 g/mol. The van der Waals surface area contributed by atoms with E-state index in [1.807, 2.05) is 0 Å². The molecule has 4 rings (SSSR count). The molecule has 0 unspecified atom stereocenters. The van der Waals surface area contributed by atoms with E-state index in [0.29, 0.717) is 5.69 Å². The third kappa shape index (κ3) is 3.37. The Balaban J connectivity index is 1.78. The summed E-state index contributed by atoms with van der Waals surface area (Å²) < 4.78 is 60.8. The molecule has 2 aromatic rings. The first-order valence-electron chi connectivity index (χ1n) is 9.51. The van der Waals surface area contributed by atoms with Gasteiger partial charge >= 0.3 is 0 Å². The molecule has 0 aliphatic carbocycles. The Bertz CT molecular complexity index is 1210. The molecule has 3 atom stereocenters. The Labute approximate surface area is 182 Å². The lowest BCUT2D eigenvalue weighted by atomic mass is 9.86. The first kappa shape index (κ1) is 22.0. The Morgan fingerprint density at radius 1 is 1.38 bits per heavy atom. The van der Waals surface area contributed by atoms with Crippen molar-refractivity contribution >= 4 is 27.6 Å². The van der Waals surface area contributed by atoms with Crippen molar-refractivity contribution in [3.63, 3.8) is 0 Å². The SMILES string of the molecule is Cc1cnc(C(=O)Nc2ccc(F)c([C@]34CO[C@H](CF)[C@H]3S(=O)(=O)N(C)C(N)=N4)c2)cn1. The summed E-state index contributed by atoms with van der Waals surface area (Å²) in [5.41, 5.74) is 4.61. The van der Waals surface area contributed by atoms with E-state index in [4.69, 9.17) is 10.5 Å². The van der Waals surface area contributed by atoms with Gasteiger partial charge in [0.1, 0.15) is 35.1 Å². The normalized spacial score (nSPS) is 26.4. The maximum absolute atomic E-state index is 15.0. The lowest BCUT2D eigenvalue weighted by Crippen LogP contribution is -2.59. The molecule has 0 bridgehead atoms. The highest BCUT2D eigenvalue weighted by atomic mass is 32.2. The van der Waals surface area contributed by atoms with Crippen LogP contribution in [0.2, 0.25) is 0 Å². The number of rotatable bonds is 4. The van der Waals surface area contributed by atoms with Gasteiger partial charge in [-0.05, 0) is 25.1 Å². The zero-order valence-electron chi connectivity index (χ0n) is 17.1. The van der Waals surface area contributed by atoms with Gasteiger partial charge in [0.15, 0.2) is 0 Å². The van der Waals surface area contributed by atoms with Gasteiger partial charge in [0.25, 0.3) is 5.91 Å². The van der Waals surface area contributed by atoms with Crippen LogP contribution in [0.25, 0.3) is 0 Å². The van der Waals surface area contributed by atoms with Crippen molar-refractivity contribution in [1.29, 1.82) is 0 Å². The first-order chi connectivity index (χ1) is 15.1. The van der Waals surface area contributed by atoms with Gasteiger partial charge in [-0.2, -0.15) is 0 Å². The molecule has 1 aromatic heterocycles. The molecule has 1 aromatic carbocycles. The van der Waals surface area contributed by atoms with Crippen molar-refractivity contribution < 1.29 is 26.7 Å². The summed E-state index contributed by atoms with van der Waals surface area (Å²) in [6, 6.07) is 3.59.